The van der Waals surface area contributed by atoms with Crippen molar-refractivity contribution in [3.05, 3.63) is 35.9 Å². The molecule has 3 rings (SSSR count). The van der Waals surface area contributed by atoms with Gasteiger partial charge in [0.05, 0.1) is 31.9 Å². The van der Waals surface area contributed by atoms with Crippen LogP contribution in [-0.4, -0.2) is 78.9 Å². The number of aliphatic hydroxyl groups is 1. The molecule has 3 atom stereocenters. The van der Waals surface area contributed by atoms with Gasteiger partial charge in [0, 0.05) is 38.1 Å². The Morgan fingerprint density at radius 3 is 2.69 bits per heavy atom. The third kappa shape index (κ3) is 6.29. The number of aliphatic hydroxyl groups excluding tert-OH is 1. The molecule has 1 aromatic rings. The topological polar surface area (TPSA) is 60.3 Å². The zero-order valence-corrected chi connectivity index (χ0v) is 20.3. The molecule has 0 aliphatic carbocycles. The number of hydrogen-bond acceptors (Lipinski definition) is 4. The molecule has 0 amide bonds. The summed E-state index contributed by atoms with van der Waals surface area (Å²) in [6.07, 6.45) is 1.13. The summed E-state index contributed by atoms with van der Waals surface area (Å²) in [7, 11) is 0. The molecule has 2 saturated heterocycles. The summed E-state index contributed by atoms with van der Waals surface area (Å²) < 4.78 is 6.11. The fourth-order valence-electron chi connectivity index (χ4n) is 3.91. The van der Waals surface area contributed by atoms with Crippen molar-refractivity contribution in [2.45, 2.75) is 45.9 Å². The maximum atomic E-state index is 9.71. The summed E-state index contributed by atoms with van der Waals surface area (Å²) in [5.41, 5.74) is 1.19. The first-order valence-corrected chi connectivity index (χ1v) is 10.6. The van der Waals surface area contributed by atoms with Gasteiger partial charge in [0.2, 0.25) is 0 Å². The number of likely N-dealkylation sites (tertiary alicyclic amines) is 1. The van der Waals surface area contributed by atoms with Crippen LogP contribution < -0.4 is 5.32 Å². The van der Waals surface area contributed by atoms with E-state index in [1.54, 1.807) is 0 Å². The molecule has 164 valence electrons. The van der Waals surface area contributed by atoms with Crippen LogP contribution in [0.25, 0.3) is 0 Å². The van der Waals surface area contributed by atoms with Crippen LogP contribution in [0.15, 0.2) is 35.3 Å². The Balaban J connectivity index is 0.00000300. The first-order chi connectivity index (χ1) is 13.6. The molecule has 0 radical (unpaired) electrons. The molecule has 0 bridgehead atoms. The van der Waals surface area contributed by atoms with Gasteiger partial charge in [-0.2, -0.15) is 0 Å². The standard InChI is InChI=1S/C22H36N4O2.HI/c1-4-22(3,17-27)16-24-21(23-5-2)26-14-19-20(15-26)28-12-11-25(19)13-18-9-7-6-8-10-18;/h6-10,19-20,27H,4-5,11-17H2,1-3H3,(H,23,24);1H. The molecule has 2 N–H and O–H groups in total. The Kier molecular flexibility index (Phi) is 9.65. The Labute approximate surface area is 192 Å². The number of nitrogens with zero attached hydrogens (tertiary/aromatic N) is 3. The number of halogens is 1. The first-order valence-electron chi connectivity index (χ1n) is 10.6. The van der Waals surface area contributed by atoms with Crippen LogP contribution in [0, 0.1) is 5.41 Å². The SMILES string of the molecule is CCNC(=NCC(C)(CC)CO)N1CC2OCCN(Cc3ccccc3)C2C1.I. The summed E-state index contributed by atoms with van der Waals surface area (Å²) in [4.78, 5) is 9.76. The molecule has 0 saturated carbocycles. The summed E-state index contributed by atoms with van der Waals surface area (Å²) in [6, 6.07) is 11.1. The Morgan fingerprint density at radius 1 is 1.28 bits per heavy atom. The number of aliphatic imine (C=N–C) groups is 1. The van der Waals surface area contributed by atoms with E-state index in [-0.39, 0.29) is 42.1 Å². The van der Waals surface area contributed by atoms with E-state index in [0.717, 1.165) is 51.7 Å². The molecule has 2 aliphatic heterocycles. The van der Waals surface area contributed by atoms with Crippen molar-refractivity contribution in [3.63, 3.8) is 0 Å². The van der Waals surface area contributed by atoms with Crippen LogP contribution in [0.5, 0.6) is 0 Å². The minimum atomic E-state index is -0.164. The molecule has 6 nitrogen and oxygen atoms in total. The van der Waals surface area contributed by atoms with E-state index in [2.05, 4.69) is 66.2 Å². The number of benzene rings is 1. The molecule has 0 aromatic heterocycles. The second-order valence-electron chi connectivity index (χ2n) is 8.33. The zero-order valence-electron chi connectivity index (χ0n) is 18.0. The Hall–Kier alpha value is -0.900. The molecular weight excluding hydrogens is 479 g/mol. The highest BCUT2D eigenvalue weighted by molar-refractivity contribution is 14.0. The zero-order chi connectivity index (χ0) is 20.0. The maximum absolute atomic E-state index is 9.71. The predicted molar refractivity (Wildman–Crippen MR) is 129 cm³/mol. The third-order valence-electron chi connectivity index (χ3n) is 6.13. The molecule has 1 aromatic carbocycles. The normalized spacial score (nSPS) is 24.6. The number of guanidine groups is 1. The minimum absolute atomic E-state index is 0. The van der Waals surface area contributed by atoms with Crippen LogP contribution in [0.4, 0.5) is 0 Å². The van der Waals surface area contributed by atoms with Gasteiger partial charge in [0.25, 0.3) is 0 Å². The molecule has 29 heavy (non-hydrogen) atoms. The third-order valence-corrected chi connectivity index (χ3v) is 6.13. The smallest absolute Gasteiger partial charge is 0.194 e. The highest BCUT2D eigenvalue weighted by atomic mass is 127. The van der Waals surface area contributed by atoms with E-state index in [1.165, 1.54) is 5.56 Å². The van der Waals surface area contributed by atoms with Crippen molar-refractivity contribution in [2.75, 3.05) is 45.9 Å². The molecule has 0 spiro atoms. The van der Waals surface area contributed by atoms with E-state index in [9.17, 15) is 5.11 Å². The lowest BCUT2D eigenvalue weighted by atomic mass is 9.89. The van der Waals surface area contributed by atoms with Crippen molar-refractivity contribution >= 4 is 29.9 Å². The quantitative estimate of drug-likeness (QED) is 0.332. The van der Waals surface area contributed by atoms with Gasteiger partial charge in [0.15, 0.2) is 5.96 Å². The molecule has 2 fully saturated rings. The second-order valence-corrected chi connectivity index (χ2v) is 8.33. The van der Waals surface area contributed by atoms with Gasteiger partial charge in [-0.15, -0.1) is 24.0 Å². The molecule has 2 aliphatic rings. The fraction of sp³-hybridized carbons (Fsp3) is 0.682. The number of rotatable bonds is 7. The minimum Gasteiger partial charge on any atom is -0.396 e. The van der Waals surface area contributed by atoms with Crippen molar-refractivity contribution in [3.8, 4) is 0 Å². The average Bonchev–Trinajstić information content (AvgIpc) is 3.17. The first kappa shape index (κ1) is 24.4. The molecule has 7 heteroatoms. The predicted octanol–water partition coefficient (Wildman–Crippen LogP) is 2.56. The number of hydrogen-bond donors (Lipinski definition) is 2. The van der Waals surface area contributed by atoms with Crippen molar-refractivity contribution in [1.29, 1.82) is 0 Å². The van der Waals surface area contributed by atoms with Gasteiger partial charge >= 0.3 is 0 Å². The second kappa shape index (κ2) is 11.5. The lowest BCUT2D eigenvalue weighted by Gasteiger charge is -2.36. The van der Waals surface area contributed by atoms with Gasteiger partial charge < -0.3 is 20.1 Å². The van der Waals surface area contributed by atoms with E-state index < -0.39 is 0 Å². The molecule has 3 unspecified atom stereocenters. The van der Waals surface area contributed by atoms with E-state index in [0.29, 0.717) is 12.6 Å². The van der Waals surface area contributed by atoms with E-state index >= 15 is 0 Å². The number of morpholine rings is 1. The van der Waals surface area contributed by atoms with Gasteiger partial charge in [-0.1, -0.05) is 44.2 Å². The van der Waals surface area contributed by atoms with Gasteiger partial charge in [-0.25, -0.2) is 0 Å². The van der Waals surface area contributed by atoms with Crippen LogP contribution in [0.2, 0.25) is 0 Å². The van der Waals surface area contributed by atoms with Gasteiger partial charge in [-0.3, -0.25) is 9.89 Å². The van der Waals surface area contributed by atoms with E-state index in [4.69, 9.17) is 9.73 Å². The maximum Gasteiger partial charge on any atom is 0.194 e. The summed E-state index contributed by atoms with van der Waals surface area (Å²) in [5.74, 6) is 0.938. The Bertz CT molecular complexity index is 639. The lowest BCUT2D eigenvalue weighted by molar-refractivity contribution is -0.0502. The molecular formula is C22H37IN4O2. The van der Waals surface area contributed by atoms with Crippen LogP contribution >= 0.6 is 24.0 Å². The van der Waals surface area contributed by atoms with Crippen molar-refractivity contribution in [1.82, 2.24) is 15.1 Å². The monoisotopic (exact) mass is 516 g/mol. The van der Waals surface area contributed by atoms with Crippen LogP contribution in [0.3, 0.4) is 0 Å². The summed E-state index contributed by atoms with van der Waals surface area (Å²) in [6.45, 7) is 12.4. The van der Waals surface area contributed by atoms with Crippen LogP contribution in [0.1, 0.15) is 32.8 Å². The number of nitrogens with one attached hydrogen (secondary N) is 1. The highest BCUT2D eigenvalue weighted by Gasteiger charge is 2.41. The summed E-state index contributed by atoms with van der Waals surface area (Å²) >= 11 is 0. The van der Waals surface area contributed by atoms with Crippen molar-refractivity contribution in [2.24, 2.45) is 10.4 Å². The number of ether oxygens (including phenoxy) is 1. The van der Waals surface area contributed by atoms with E-state index in [1.807, 2.05) is 0 Å². The van der Waals surface area contributed by atoms with Crippen LogP contribution in [-0.2, 0) is 11.3 Å². The van der Waals surface area contributed by atoms with Gasteiger partial charge in [-0.05, 0) is 18.9 Å². The summed E-state index contributed by atoms with van der Waals surface area (Å²) in [5, 5.41) is 13.1. The number of fused-ring (bicyclic) bond motifs is 1. The fourth-order valence-corrected chi connectivity index (χ4v) is 3.91. The lowest BCUT2D eigenvalue weighted by Crippen LogP contribution is -2.50. The Morgan fingerprint density at radius 2 is 2.03 bits per heavy atom. The highest BCUT2D eigenvalue weighted by Crippen LogP contribution is 2.25. The van der Waals surface area contributed by atoms with Crippen molar-refractivity contribution < 1.29 is 9.84 Å². The average molecular weight is 516 g/mol. The van der Waals surface area contributed by atoms with Gasteiger partial charge in [0.1, 0.15) is 0 Å². The largest absolute Gasteiger partial charge is 0.396 e. The molecule has 2 heterocycles.